The molecule has 0 aromatic heterocycles. The maximum Gasteiger partial charge on any atom is 0.266 e. The molecule has 3 aromatic carbocycles. The summed E-state index contributed by atoms with van der Waals surface area (Å²) >= 11 is 0. The van der Waals surface area contributed by atoms with E-state index in [-0.39, 0.29) is 11.8 Å². The molecule has 180 valence electrons. The lowest BCUT2D eigenvalue weighted by atomic mass is 9.90. The number of amides is 2. The van der Waals surface area contributed by atoms with Gasteiger partial charge in [0.1, 0.15) is 11.7 Å². The van der Waals surface area contributed by atoms with Crippen LogP contribution in [0, 0.1) is 5.92 Å². The Bertz CT molecular complexity index is 1210. The van der Waals surface area contributed by atoms with Gasteiger partial charge in [0.15, 0.2) is 6.10 Å². The summed E-state index contributed by atoms with van der Waals surface area (Å²) in [6.07, 6.45) is -0.0952. The molecular weight excluding hydrogens is 442 g/mol. The third-order valence-electron chi connectivity index (χ3n) is 6.44. The van der Waals surface area contributed by atoms with Gasteiger partial charge in [-0.1, -0.05) is 49.4 Å². The fraction of sp³-hybridized carbons (Fsp3) is 0.286. The first-order valence-corrected chi connectivity index (χ1v) is 11.9. The Balaban J connectivity index is 1.55. The zero-order valence-electron chi connectivity index (χ0n) is 20.1. The van der Waals surface area contributed by atoms with Gasteiger partial charge in [-0.15, -0.1) is 0 Å². The van der Waals surface area contributed by atoms with Gasteiger partial charge in [-0.3, -0.25) is 14.4 Å². The summed E-state index contributed by atoms with van der Waals surface area (Å²) in [6.45, 7) is 2.51. The molecule has 0 aliphatic carbocycles. The summed E-state index contributed by atoms with van der Waals surface area (Å²) in [5.74, 6) is -0.830. The van der Waals surface area contributed by atoms with Crippen LogP contribution in [0.3, 0.4) is 0 Å². The average Bonchev–Trinajstić information content (AvgIpc) is 3.39. The lowest BCUT2D eigenvalue weighted by molar-refractivity contribution is -0.126. The molecule has 2 aliphatic heterocycles. The summed E-state index contributed by atoms with van der Waals surface area (Å²) in [4.78, 5) is 37.0. The van der Waals surface area contributed by atoms with Crippen LogP contribution < -0.4 is 19.6 Å². The zero-order chi connectivity index (χ0) is 24.5. The molecule has 2 amide bonds. The van der Waals surface area contributed by atoms with Crippen molar-refractivity contribution in [2.75, 3.05) is 35.6 Å². The third kappa shape index (κ3) is 4.02. The number of carbonyl (C=O) groups excluding carboxylic acids is 2. The summed E-state index contributed by atoms with van der Waals surface area (Å²) < 4.78 is 5.85. The number of anilines is 3. The van der Waals surface area contributed by atoms with Crippen molar-refractivity contribution in [3.8, 4) is 5.75 Å². The van der Waals surface area contributed by atoms with Crippen LogP contribution in [0.5, 0.6) is 5.75 Å². The first kappa shape index (κ1) is 22.9. The minimum atomic E-state index is -0.916. The van der Waals surface area contributed by atoms with Gasteiger partial charge in [0.25, 0.3) is 5.91 Å². The fourth-order valence-electron chi connectivity index (χ4n) is 4.74. The number of rotatable bonds is 7. The highest BCUT2D eigenvalue weighted by atomic mass is 16.7. The van der Waals surface area contributed by atoms with E-state index in [0.717, 1.165) is 23.4 Å². The van der Waals surface area contributed by atoms with Crippen LogP contribution in [-0.2, 0) is 14.4 Å². The molecule has 2 saturated heterocycles. The summed E-state index contributed by atoms with van der Waals surface area (Å²) in [7, 11) is 3.96. The van der Waals surface area contributed by atoms with E-state index in [1.54, 1.807) is 23.3 Å². The molecule has 5 rings (SSSR count). The van der Waals surface area contributed by atoms with E-state index >= 15 is 0 Å². The van der Waals surface area contributed by atoms with Crippen LogP contribution in [0.25, 0.3) is 0 Å². The van der Waals surface area contributed by atoms with E-state index in [1.165, 1.54) is 4.90 Å². The summed E-state index contributed by atoms with van der Waals surface area (Å²) in [6, 6.07) is 24.3. The molecule has 3 aromatic rings. The highest BCUT2D eigenvalue weighted by molar-refractivity contribution is 6.24. The number of hydrogen-bond acceptors (Lipinski definition) is 6. The van der Waals surface area contributed by atoms with Crippen LogP contribution in [0.2, 0.25) is 0 Å². The molecule has 0 saturated carbocycles. The van der Waals surface area contributed by atoms with Crippen molar-refractivity contribution in [2.24, 2.45) is 5.92 Å². The van der Waals surface area contributed by atoms with E-state index < -0.39 is 18.1 Å². The first-order valence-electron chi connectivity index (χ1n) is 11.9. The predicted molar refractivity (Wildman–Crippen MR) is 136 cm³/mol. The van der Waals surface area contributed by atoms with Gasteiger partial charge in [0.05, 0.1) is 24.0 Å². The molecule has 0 unspecified atom stereocenters. The SMILES string of the molecule is CCCOc1ccccc1N1C(=O)[C@H]2[C@@H](c3ccc(N(C)C)cc3)N(c3ccccc3)O[C@H]2C1=O. The van der Waals surface area contributed by atoms with Gasteiger partial charge in [-0.05, 0) is 48.4 Å². The minimum Gasteiger partial charge on any atom is -0.491 e. The van der Waals surface area contributed by atoms with Crippen molar-refractivity contribution in [3.63, 3.8) is 0 Å². The van der Waals surface area contributed by atoms with E-state index in [1.807, 2.05) is 86.6 Å². The molecule has 2 heterocycles. The normalized spacial score (nSPS) is 21.4. The van der Waals surface area contributed by atoms with Crippen LogP contribution in [-0.4, -0.2) is 38.6 Å². The van der Waals surface area contributed by atoms with E-state index in [4.69, 9.17) is 9.57 Å². The maximum absolute atomic E-state index is 13.9. The first-order chi connectivity index (χ1) is 17.0. The van der Waals surface area contributed by atoms with Crippen molar-refractivity contribution in [3.05, 3.63) is 84.4 Å². The number of carbonyl (C=O) groups is 2. The average molecular weight is 472 g/mol. The highest BCUT2D eigenvalue weighted by Gasteiger charge is 2.60. The van der Waals surface area contributed by atoms with Crippen molar-refractivity contribution in [1.82, 2.24) is 0 Å². The standard InChI is InChI=1S/C28H29N3O4/c1-4-18-34-23-13-9-8-12-22(23)30-27(32)24-25(19-14-16-20(17-15-19)29(2)3)31(35-26(24)28(30)33)21-10-6-5-7-11-21/h5-17,24-26H,4,18H2,1-3H3/t24-,25+,26+/m0/s1. The Morgan fingerprint density at radius 2 is 1.57 bits per heavy atom. The number of fused-ring (bicyclic) bond motifs is 1. The topological polar surface area (TPSA) is 62.3 Å². The van der Waals surface area contributed by atoms with Gasteiger partial charge in [0.2, 0.25) is 5.91 Å². The van der Waals surface area contributed by atoms with Crippen molar-refractivity contribution in [2.45, 2.75) is 25.5 Å². The molecule has 3 atom stereocenters. The lowest BCUT2D eigenvalue weighted by Crippen LogP contribution is -2.37. The van der Waals surface area contributed by atoms with Crippen LogP contribution in [0.15, 0.2) is 78.9 Å². The number of benzene rings is 3. The van der Waals surface area contributed by atoms with Crippen LogP contribution >= 0.6 is 0 Å². The number of hydroxylamine groups is 1. The Labute approximate surface area is 205 Å². The fourth-order valence-corrected chi connectivity index (χ4v) is 4.74. The zero-order valence-corrected chi connectivity index (χ0v) is 20.1. The number of nitrogens with zero attached hydrogens (tertiary/aromatic N) is 3. The largest absolute Gasteiger partial charge is 0.491 e. The molecule has 2 fully saturated rings. The monoisotopic (exact) mass is 471 g/mol. The molecule has 0 bridgehead atoms. The minimum absolute atomic E-state index is 0.285. The molecule has 7 nitrogen and oxygen atoms in total. The summed E-state index contributed by atoms with van der Waals surface area (Å²) in [5.41, 5.74) is 3.21. The third-order valence-corrected chi connectivity index (χ3v) is 6.44. The second-order valence-corrected chi connectivity index (χ2v) is 8.97. The van der Waals surface area contributed by atoms with Crippen molar-refractivity contribution in [1.29, 1.82) is 0 Å². The second-order valence-electron chi connectivity index (χ2n) is 8.97. The summed E-state index contributed by atoms with van der Waals surface area (Å²) in [5, 5.41) is 1.71. The van der Waals surface area contributed by atoms with Crippen molar-refractivity contribution < 1.29 is 19.2 Å². The number of ether oxygens (including phenoxy) is 1. The Kier molecular flexibility index (Phi) is 6.17. The number of para-hydroxylation sites is 3. The molecule has 0 N–H and O–H groups in total. The maximum atomic E-state index is 13.9. The smallest absolute Gasteiger partial charge is 0.266 e. The lowest BCUT2D eigenvalue weighted by Gasteiger charge is -2.29. The molecule has 0 radical (unpaired) electrons. The van der Waals surface area contributed by atoms with Gasteiger partial charge in [0, 0.05) is 19.8 Å². The van der Waals surface area contributed by atoms with Gasteiger partial charge in [-0.2, -0.15) is 0 Å². The van der Waals surface area contributed by atoms with Crippen molar-refractivity contribution >= 4 is 28.9 Å². The van der Waals surface area contributed by atoms with Gasteiger partial charge in [-0.25, -0.2) is 9.96 Å². The van der Waals surface area contributed by atoms with Crippen LogP contribution in [0.4, 0.5) is 17.1 Å². The molecule has 0 spiro atoms. The van der Waals surface area contributed by atoms with E-state index in [0.29, 0.717) is 18.0 Å². The number of imide groups is 1. The number of hydrogen-bond donors (Lipinski definition) is 0. The van der Waals surface area contributed by atoms with Gasteiger partial charge < -0.3 is 9.64 Å². The van der Waals surface area contributed by atoms with E-state index in [2.05, 4.69) is 0 Å². The van der Waals surface area contributed by atoms with Gasteiger partial charge >= 0.3 is 0 Å². The van der Waals surface area contributed by atoms with Crippen LogP contribution in [0.1, 0.15) is 24.9 Å². The van der Waals surface area contributed by atoms with E-state index in [9.17, 15) is 9.59 Å². The second kappa shape index (κ2) is 9.43. The molecule has 35 heavy (non-hydrogen) atoms. The Hall–Kier alpha value is -3.84. The molecule has 2 aliphatic rings. The molecule has 7 heteroatoms. The highest BCUT2D eigenvalue weighted by Crippen LogP contribution is 2.48. The predicted octanol–water partition coefficient (Wildman–Crippen LogP) is 4.59. The molecular formula is C28H29N3O4. The Morgan fingerprint density at radius 1 is 0.886 bits per heavy atom. The quantitative estimate of drug-likeness (QED) is 0.470. The Morgan fingerprint density at radius 3 is 2.26 bits per heavy atom.